The van der Waals surface area contributed by atoms with Crippen LogP contribution in [0.1, 0.15) is 13.8 Å². The molecule has 0 amide bonds. The quantitative estimate of drug-likeness (QED) is 0.903. The molecular formula is C11H16ClNO2S. The molecule has 1 aromatic rings. The van der Waals surface area contributed by atoms with Crippen LogP contribution in [0.5, 0.6) is 0 Å². The van der Waals surface area contributed by atoms with Crippen molar-refractivity contribution in [2.75, 3.05) is 12.3 Å². The molecule has 0 aliphatic carbocycles. The van der Waals surface area contributed by atoms with Crippen LogP contribution in [0.4, 0.5) is 0 Å². The highest BCUT2D eigenvalue weighted by Crippen LogP contribution is 2.23. The highest BCUT2D eigenvalue weighted by molar-refractivity contribution is 7.91. The van der Waals surface area contributed by atoms with E-state index in [2.05, 4.69) is 0 Å². The van der Waals surface area contributed by atoms with Gasteiger partial charge in [-0.25, -0.2) is 8.42 Å². The molecule has 0 heterocycles. The van der Waals surface area contributed by atoms with Gasteiger partial charge in [-0.05, 0) is 30.2 Å². The number of sulfone groups is 1. The highest BCUT2D eigenvalue weighted by atomic mass is 35.5. The molecule has 0 aliphatic rings. The largest absolute Gasteiger partial charge is 0.330 e. The number of rotatable bonds is 4. The minimum Gasteiger partial charge on any atom is -0.330 e. The van der Waals surface area contributed by atoms with Crippen molar-refractivity contribution in [1.29, 1.82) is 0 Å². The standard InChI is InChI=1S/C11H16ClNO2S/c1-11(2,7-13)8-16(14,15)10-5-3-4-9(12)6-10/h3-6H,7-8,13H2,1-2H3. The maximum absolute atomic E-state index is 12.0. The Morgan fingerprint density at radius 3 is 2.50 bits per heavy atom. The zero-order chi connectivity index (χ0) is 12.4. The Kier molecular flexibility index (Phi) is 3.99. The van der Waals surface area contributed by atoms with E-state index in [4.69, 9.17) is 17.3 Å². The molecule has 0 radical (unpaired) electrons. The first-order valence-corrected chi connectivity index (χ1v) is 6.98. The zero-order valence-corrected chi connectivity index (χ0v) is 11.0. The third kappa shape index (κ3) is 3.47. The normalized spacial score (nSPS) is 12.8. The molecule has 0 saturated carbocycles. The minimum atomic E-state index is -3.32. The van der Waals surface area contributed by atoms with E-state index >= 15 is 0 Å². The van der Waals surface area contributed by atoms with Gasteiger partial charge in [0.25, 0.3) is 0 Å². The van der Waals surface area contributed by atoms with Crippen LogP contribution in [-0.2, 0) is 9.84 Å². The van der Waals surface area contributed by atoms with Gasteiger partial charge >= 0.3 is 0 Å². The second-order valence-corrected chi connectivity index (χ2v) is 7.01. The minimum absolute atomic E-state index is 0.0246. The van der Waals surface area contributed by atoms with Crippen molar-refractivity contribution in [3.8, 4) is 0 Å². The van der Waals surface area contributed by atoms with Gasteiger partial charge in [-0.3, -0.25) is 0 Å². The van der Waals surface area contributed by atoms with Crippen LogP contribution >= 0.6 is 11.6 Å². The summed E-state index contributed by atoms with van der Waals surface area (Å²) in [5.74, 6) is 0.0246. The van der Waals surface area contributed by atoms with Crippen LogP contribution in [0.3, 0.4) is 0 Å². The van der Waals surface area contributed by atoms with E-state index in [1.807, 2.05) is 13.8 Å². The fourth-order valence-corrected chi connectivity index (χ4v) is 3.48. The Labute approximate surface area is 102 Å². The van der Waals surface area contributed by atoms with Gasteiger partial charge < -0.3 is 5.73 Å². The molecule has 0 bridgehead atoms. The molecule has 1 aromatic carbocycles. The van der Waals surface area contributed by atoms with Crippen molar-refractivity contribution < 1.29 is 8.42 Å². The molecule has 0 unspecified atom stereocenters. The first kappa shape index (κ1) is 13.5. The second kappa shape index (κ2) is 4.73. The predicted molar refractivity (Wildman–Crippen MR) is 66.3 cm³/mol. The lowest BCUT2D eigenvalue weighted by molar-refractivity contribution is 0.425. The van der Waals surface area contributed by atoms with Crippen LogP contribution in [0.2, 0.25) is 5.02 Å². The average molecular weight is 262 g/mol. The first-order valence-electron chi connectivity index (χ1n) is 4.95. The van der Waals surface area contributed by atoms with E-state index in [-0.39, 0.29) is 10.6 Å². The van der Waals surface area contributed by atoms with Gasteiger partial charge in [0.05, 0.1) is 10.6 Å². The second-order valence-electron chi connectivity index (χ2n) is 4.58. The van der Waals surface area contributed by atoms with Gasteiger partial charge in [0.1, 0.15) is 0 Å². The molecule has 0 spiro atoms. The molecule has 0 aromatic heterocycles. The van der Waals surface area contributed by atoms with Gasteiger partial charge in [0.15, 0.2) is 9.84 Å². The summed E-state index contributed by atoms with van der Waals surface area (Å²) in [4.78, 5) is 0.251. The van der Waals surface area contributed by atoms with E-state index in [1.54, 1.807) is 18.2 Å². The fraction of sp³-hybridized carbons (Fsp3) is 0.455. The number of halogens is 1. The number of benzene rings is 1. The van der Waals surface area contributed by atoms with Crippen LogP contribution in [0.15, 0.2) is 29.2 Å². The van der Waals surface area contributed by atoms with Crippen molar-refractivity contribution in [2.45, 2.75) is 18.7 Å². The van der Waals surface area contributed by atoms with E-state index in [0.717, 1.165) is 0 Å². The lowest BCUT2D eigenvalue weighted by Gasteiger charge is -2.21. The van der Waals surface area contributed by atoms with E-state index < -0.39 is 15.3 Å². The Hall–Kier alpha value is -0.580. The summed E-state index contributed by atoms with van der Waals surface area (Å²) in [7, 11) is -3.32. The van der Waals surface area contributed by atoms with Gasteiger partial charge in [0, 0.05) is 5.02 Å². The molecule has 2 N–H and O–H groups in total. The molecule has 0 saturated heterocycles. The van der Waals surface area contributed by atoms with Crippen LogP contribution in [0.25, 0.3) is 0 Å². The van der Waals surface area contributed by atoms with Crippen LogP contribution in [-0.4, -0.2) is 20.7 Å². The maximum atomic E-state index is 12.0. The smallest absolute Gasteiger partial charge is 0.179 e. The predicted octanol–water partition coefficient (Wildman–Crippen LogP) is 2.10. The van der Waals surface area contributed by atoms with Crippen molar-refractivity contribution >= 4 is 21.4 Å². The topological polar surface area (TPSA) is 60.2 Å². The SMILES string of the molecule is CC(C)(CN)CS(=O)(=O)c1cccc(Cl)c1. The average Bonchev–Trinajstić information content (AvgIpc) is 2.16. The molecule has 1 rings (SSSR count). The van der Waals surface area contributed by atoms with Gasteiger partial charge in [-0.1, -0.05) is 31.5 Å². The van der Waals surface area contributed by atoms with Crippen LogP contribution in [0, 0.1) is 5.41 Å². The van der Waals surface area contributed by atoms with Crippen molar-refractivity contribution in [1.82, 2.24) is 0 Å². The summed E-state index contributed by atoms with van der Waals surface area (Å²) in [5.41, 5.74) is 5.10. The van der Waals surface area contributed by atoms with Crippen molar-refractivity contribution in [3.05, 3.63) is 29.3 Å². The summed E-state index contributed by atoms with van der Waals surface area (Å²) in [6.45, 7) is 3.98. The third-order valence-electron chi connectivity index (χ3n) is 2.29. The van der Waals surface area contributed by atoms with E-state index in [0.29, 0.717) is 11.6 Å². The lowest BCUT2D eigenvalue weighted by Crippen LogP contribution is -2.31. The molecular weight excluding hydrogens is 246 g/mol. The number of nitrogens with two attached hydrogens (primary N) is 1. The van der Waals surface area contributed by atoms with E-state index in [1.165, 1.54) is 6.07 Å². The fourth-order valence-electron chi connectivity index (χ4n) is 1.32. The molecule has 3 nitrogen and oxygen atoms in total. The Morgan fingerprint density at radius 2 is 2.00 bits per heavy atom. The lowest BCUT2D eigenvalue weighted by atomic mass is 9.97. The third-order valence-corrected chi connectivity index (χ3v) is 4.66. The Bertz CT molecular complexity index is 469. The van der Waals surface area contributed by atoms with Gasteiger partial charge in [-0.2, -0.15) is 0 Å². The monoisotopic (exact) mass is 261 g/mol. The summed E-state index contributed by atoms with van der Waals surface area (Å²) in [6.07, 6.45) is 0. The van der Waals surface area contributed by atoms with Gasteiger partial charge in [-0.15, -0.1) is 0 Å². The highest BCUT2D eigenvalue weighted by Gasteiger charge is 2.26. The summed E-state index contributed by atoms with van der Waals surface area (Å²) >= 11 is 5.77. The molecule has 90 valence electrons. The summed E-state index contributed by atoms with van der Waals surface area (Å²) in [6, 6.07) is 6.29. The van der Waals surface area contributed by atoms with E-state index in [9.17, 15) is 8.42 Å². The molecule has 0 aliphatic heterocycles. The van der Waals surface area contributed by atoms with Crippen LogP contribution < -0.4 is 5.73 Å². The molecule has 0 fully saturated rings. The summed E-state index contributed by atoms with van der Waals surface area (Å²) < 4.78 is 24.1. The first-order chi connectivity index (χ1) is 7.27. The number of hydrogen-bond donors (Lipinski definition) is 1. The molecule has 16 heavy (non-hydrogen) atoms. The van der Waals surface area contributed by atoms with Crippen molar-refractivity contribution in [3.63, 3.8) is 0 Å². The Balaban J connectivity index is 3.04. The Morgan fingerprint density at radius 1 is 1.38 bits per heavy atom. The zero-order valence-electron chi connectivity index (χ0n) is 9.40. The maximum Gasteiger partial charge on any atom is 0.179 e. The van der Waals surface area contributed by atoms with Gasteiger partial charge in [0.2, 0.25) is 0 Å². The molecule has 0 atom stereocenters. The van der Waals surface area contributed by atoms with Crippen molar-refractivity contribution in [2.24, 2.45) is 11.1 Å². The summed E-state index contributed by atoms with van der Waals surface area (Å²) in [5, 5.41) is 0.423. The number of hydrogen-bond acceptors (Lipinski definition) is 3. The molecule has 5 heteroatoms.